The number of alkyl halides is 13. The summed E-state index contributed by atoms with van der Waals surface area (Å²) in [5.74, 6) is -34.1. The quantitative estimate of drug-likeness (QED) is 0.239. The lowest BCUT2D eigenvalue weighted by Gasteiger charge is -2.39. The molecule has 0 spiro atoms. The molecule has 18 heteroatoms. The molecular weight excluding hydrogens is 507 g/mol. The zero-order chi connectivity index (χ0) is 26.2. The van der Waals surface area contributed by atoms with Crippen LogP contribution in [0.15, 0.2) is 0 Å². The van der Waals surface area contributed by atoms with Crippen molar-refractivity contribution in [3.8, 4) is 0 Å². The predicted octanol–water partition coefficient (Wildman–Crippen LogP) is 3.78. The maximum atomic E-state index is 13.7. The third-order valence-electron chi connectivity index (χ3n) is 4.03. The third kappa shape index (κ3) is 5.53. The molecule has 0 saturated heterocycles. The van der Waals surface area contributed by atoms with E-state index in [9.17, 15) is 65.5 Å². The van der Waals surface area contributed by atoms with Gasteiger partial charge in [0.25, 0.3) is 0 Å². The number of hydrogen-bond donors (Lipinski definition) is 1. The smallest absolute Gasteiger partial charge is 0.331 e. The van der Waals surface area contributed by atoms with Gasteiger partial charge in [0.1, 0.15) is 0 Å². The Morgan fingerprint density at radius 1 is 0.656 bits per heavy atom. The van der Waals surface area contributed by atoms with E-state index in [0.717, 1.165) is 0 Å². The fraction of sp³-hybridized carbons (Fsp3) is 1.00. The van der Waals surface area contributed by atoms with Crippen molar-refractivity contribution in [1.82, 2.24) is 5.32 Å². The van der Waals surface area contributed by atoms with Crippen molar-refractivity contribution in [3.05, 3.63) is 0 Å². The summed E-state index contributed by atoms with van der Waals surface area (Å²) in [5, 5.41) is -4.95. The van der Waals surface area contributed by atoms with E-state index in [-0.39, 0.29) is 6.54 Å². The summed E-state index contributed by atoms with van der Waals surface area (Å²) in [6.45, 7) is -0.673. The van der Waals surface area contributed by atoms with E-state index in [2.05, 4.69) is 5.32 Å². The minimum atomic E-state index is -8.13. The molecule has 0 aromatic heterocycles. The molecule has 0 aliphatic rings. The molecule has 0 atom stereocenters. The number of nitrogens with one attached hydrogen (secondary N) is 1. The van der Waals surface area contributed by atoms with E-state index in [1.165, 1.54) is 0 Å². The third-order valence-corrected chi connectivity index (χ3v) is 5.80. The van der Waals surface area contributed by atoms with E-state index >= 15 is 0 Å². The van der Waals surface area contributed by atoms with E-state index in [1.807, 2.05) is 0 Å². The number of quaternary nitrogens is 1. The Balaban J connectivity index is 5.73. The van der Waals surface area contributed by atoms with Gasteiger partial charge in [-0.05, 0) is 0 Å². The van der Waals surface area contributed by atoms with E-state index in [0.29, 0.717) is 17.4 Å². The van der Waals surface area contributed by atoms with Crippen LogP contribution in [-0.4, -0.2) is 94.6 Å². The predicted molar refractivity (Wildman–Crippen MR) is 85.0 cm³/mol. The lowest BCUT2D eigenvalue weighted by molar-refractivity contribution is -0.870. The highest BCUT2D eigenvalue weighted by Gasteiger charge is 2.92. The van der Waals surface area contributed by atoms with Crippen LogP contribution in [-0.2, 0) is 9.84 Å². The molecule has 0 saturated carbocycles. The van der Waals surface area contributed by atoms with Crippen LogP contribution in [0, 0.1) is 0 Å². The lowest BCUT2D eigenvalue weighted by Crippen LogP contribution is -2.71. The van der Waals surface area contributed by atoms with E-state index in [1.54, 1.807) is 21.1 Å². The van der Waals surface area contributed by atoms with Gasteiger partial charge in [-0.2, -0.15) is 57.1 Å². The highest BCUT2D eigenvalue weighted by atomic mass is 32.2. The van der Waals surface area contributed by atoms with Gasteiger partial charge in [-0.1, -0.05) is 0 Å². The minimum absolute atomic E-state index is 0.0704. The second-order valence-electron chi connectivity index (χ2n) is 7.75. The average Bonchev–Trinajstić information content (AvgIpc) is 2.55. The molecule has 4 nitrogen and oxygen atoms in total. The van der Waals surface area contributed by atoms with Gasteiger partial charge in [-0.25, -0.2) is 8.42 Å². The van der Waals surface area contributed by atoms with Crippen LogP contribution in [0.25, 0.3) is 0 Å². The SMILES string of the molecule is C[N+](C)(C)CCCNCCS(=O)(=O)C(F)(F)C(F)(F)C(F)(F)C(F)(F)C(F)(F)C(F)(F)F. The minimum Gasteiger partial charge on any atom is -0.331 e. The molecule has 0 bridgehead atoms. The van der Waals surface area contributed by atoms with Crippen LogP contribution in [0.1, 0.15) is 6.42 Å². The van der Waals surface area contributed by atoms with E-state index in [4.69, 9.17) is 0 Å². The first-order valence-corrected chi connectivity index (χ1v) is 10.1. The van der Waals surface area contributed by atoms with Crippen molar-refractivity contribution < 1.29 is 70.0 Å². The van der Waals surface area contributed by atoms with Crippen LogP contribution < -0.4 is 5.32 Å². The van der Waals surface area contributed by atoms with Crippen molar-refractivity contribution in [3.63, 3.8) is 0 Å². The molecule has 0 amide bonds. The van der Waals surface area contributed by atoms with Crippen molar-refractivity contribution in [2.75, 3.05) is 46.5 Å². The van der Waals surface area contributed by atoms with Gasteiger partial charge >= 0.3 is 35.1 Å². The van der Waals surface area contributed by atoms with Crippen molar-refractivity contribution >= 4 is 9.84 Å². The van der Waals surface area contributed by atoms with Gasteiger partial charge < -0.3 is 9.80 Å². The first kappa shape index (κ1) is 31.0. The molecule has 1 N–H and O–H groups in total. The normalized spacial score (nSPS) is 15.9. The summed E-state index contributed by atoms with van der Waals surface area (Å²) in [5.41, 5.74) is 0. The van der Waals surface area contributed by atoms with Crippen LogP contribution >= 0.6 is 0 Å². The first-order valence-electron chi connectivity index (χ1n) is 8.40. The van der Waals surface area contributed by atoms with Crippen molar-refractivity contribution in [2.24, 2.45) is 0 Å². The maximum absolute atomic E-state index is 13.7. The fourth-order valence-electron chi connectivity index (χ4n) is 2.09. The van der Waals surface area contributed by atoms with Gasteiger partial charge in [0.2, 0.25) is 9.84 Å². The molecule has 0 rings (SSSR count). The first-order chi connectivity index (χ1) is 13.7. The highest BCUT2D eigenvalue weighted by molar-refractivity contribution is 7.92. The van der Waals surface area contributed by atoms with Gasteiger partial charge in [0, 0.05) is 19.5 Å². The molecular formula is C14H20F13N2O2S+. The molecule has 0 unspecified atom stereocenters. The number of hydrogen-bond acceptors (Lipinski definition) is 3. The summed E-state index contributed by atoms with van der Waals surface area (Å²) in [7, 11) is -1.52. The second kappa shape index (κ2) is 8.96. The van der Waals surface area contributed by atoms with Gasteiger partial charge in [0.05, 0.1) is 33.4 Å². The van der Waals surface area contributed by atoms with E-state index < -0.39 is 57.3 Å². The van der Waals surface area contributed by atoms with Crippen LogP contribution in [0.3, 0.4) is 0 Å². The van der Waals surface area contributed by atoms with Gasteiger partial charge in [-0.15, -0.1) is 0 Å². The summed E-state index contributed by atoms with van der Waals surface area (Å²) in [6.07, 6.45) is -7.26. The number of nitrogens with zero attached hydrogens (tertiary/aromatic N) is 1. The van der Waals surface area contributed by atoms with Gasteiger partial charge in [-0.3, -0.25) is 0 Å². The molecule has 32 heavy (non-hydrogen) atoms. The van der Waals surface area contributed by atoms with Crippen molar-refractivity contribution in [1.29, 1.82) is 0 Å². The number of rotatable bonds is 12. The molecule has 0 aliphatic carbocycles. The maximum Gasteiger partial charge on any atom is 0.460 e. The molecule has 0 fully saturated rings. The molecule has 0 radical (unpaired) electrons. The Labute approximate surface area is 174 Å². The van der Waals surface area contributed by atoms with Gasteiger partial charge in [0.15, 0.2) is 0 Å². The zero-order valence-electron chi connectivity index (χ0n) is 16.6. The molecule has 194 valence electrons. The monoisotopic (exact) mass is 527 g/mol. The van der Waals surface area contributed by atoms with Crippen molar-refractivity contribution in [2.45, 2.75) is 41.5 Å². The Hall–Kier alpha value is -1.04. The highest BCUT2D eigenvalue weighted by Crippen LogP contribution is 2.61. The summed E-state index contributed by atoms with van der Waals surface area (Å²) in [4.78, 5) is 0. The molecule has 0 aliphatic heterocycles. The van der Waals surface area contributed by atoms with Crippen LogP contribution in [0.5, 0.6) is 0 Å². The lowest BCUT2D eigenvalue weighted by atomic mass is 9.98. The summed E-state index contributed by atoms with van der Waals surface area (Å²) < 4.78 is 192. The Morgan fingerprint density at radius 2 is 1.06 bits per heavy atom. The Kier molecular flexibility index (Phi) is 8.67. The number of halogens is 13. The summed E-state index contributed by atoms with van der Waals surface area (Å²) >= 11 is 0. The molecule has 0 heterocycles. The van der Waals surface area contributed by atoms with Crippen LogP contribution in [0.2, 0.25) is 0 Å². The Bertz CT molecular complexity index is 743. The fourth-order valence-corrected chi connectivity index (χ4v) is 3.28. The molecule has 0 aromatic carbocycles. The largest absolute Gasteiger partial charge is 0.460 e. The second-order valence-corrected chi connectivity index (χ2v) is 9.90. The summed E-state index contributed by atoms with van der Waals surface area (Å²) in [6, 6.07) is 0. The van der Waals surface area contributed by atoms with Crippen LogP contribution in [0.4, 0.5) is 57.1 Å². The molecule has 0 aromatic rings. The zero-order valence-corrected chi connectivity index (χ0v) is 17.4. The topological polar surface area (TPSA) is 46.2 Å². The average molecular weight is 527 g/mol. The Morgan fingerprint density at radius 3 is 1.44 bits per heavy atom. The standard InChI is InChI=1S/C14H20F13N2O2S/c1-29(2,3)7-4-5-28-6-8-32(30,31)14(26,27)12(21,22)10(17,18)9(15,16)11(19,20)13(23,24)25/h28H,4-8H2,1-3H3/q+1. The number of sulfone groups is 1.